The van der Waals surface area contributed by atoms with Crippen molar-refractivity contribution >= 4 is 29.9 Å². The summed E-state index contributed by atoms with van der Waals surface area (Å²) in [5.74, 6) is -1.69. The molecule has 22 heavy (non-hydrogen) atoms. The number of carbonyl (C=O) groups excluding carboxylic acids is 1. The van der Waals surface area contributed by atoms with Crippen LogP contribution in [0.25, 0.3) is 0 Å². The fourth-order valence-corrected chi connectivity index (χ4v) is 3.20. The lowest BCUT2D eigenvalue weighted by atomic mass is 9.91. The van der Waals surface area contributed by atoms with Crippen LogP contribution in [0.3, 0.4) is 0 Å². The van der Waals surface area contributed by atoms with Crippen LogP contribution in [0.2, 0.25) is 5.02 Å². The summed E-state index contributed by atoms with van der Waals surface area (Å²) in [5, 5.41) is 0.00686. The van der Waals surface area contributed by atoms with Crippen molar-refractivity contribution in [3.05, 3.63) is 69.2 Å². The number of fused-ring (bicyclic) bond motifs is 1. The van der Waals surface area contributed by atoms with E-state index in [0.717, 1.165) is 5.56 Å². The normalized spacial score (nSPS) is 16.0. The topological polar surface area (TPSA) is 43.1 Å². The molecule has 0 aliphatic heterocycles. The van der Waals surface area contributed by atoms with Gasteiger partial charge in [0.2, 0.25) is 5.91 Å². The van der Waals surface area contributed by atoms with Crippen LogP contribution < -0.4 is 5.73 Å². The summed E-state index contributed by atoms with van der Waals surface area (Å²) in [6.45, 7) is 0. The summed E-state index contributed by atoms with van der Waals surface area (Å²) in [5.41, 5.74) is 7.53. The summed E-state index contributed by atoms with van der Waals surface area (Å²) >= 11 is 5.80. The molecule has 0 saturated carbocycles. The summed E-state index contributed by atoms with van der Waals surface area (Å²) in [4.78, 5) is 11.4. The maximum Gasteiger partial charge on any atom is 0.248 e. The van der Waals surface area contributed by atoms with E-state index in [1.165, 1.54) is 24.3 Å². The van der Waals surface area contributed by atoms with Crippen LogP contribution in [0.1, 0.15) is 39.4 Å². The lowest BCUT2D eigenvalue weighted by Crippen LogP contribution is -2.14. The Bertz CT molecular complexity index is 749. The Morgan fingerprint density at radius 3 is 2.50 bits per heavy atom. The van der Waals surface area contributed by atoms with Gasteiger partial charge in [-0.25, -0.2) is 8.78 Å². The highest BCUT2D eigenvalue weighted by Crippen LogP contribution is 2.41. The van der Waals surface area contributed by atoms with E-state index in [1.807, 2.05) is 0 Å². The Labute approximate surface area is 137 Å². The molecule has 3 rings (SSSR count). The van der Waals surface area contributed by atoms with Gasteiger partial charge in [-0.2, -0.15) is 0 Å². The molecule has 1 unspecified atom stereocenters. The highest BCUT2D eigenvalue weighted by molar-refractivity contribution is 6.30. The molecule has 0 bridgehead atoms. The zero-order valence-corrected chi connectivity index (χ0v) is 13.0. The quantitative estimate of drug-likeness (QED) is 0.871. The molecule has 0 heterocycles. The summed E-state index contributed by atoms with van der Waals surface area (Å²) in [6, 6.07) is 7.04. The fourth-order valence-electron chi connectivity index (χ4n) is 3.01. The molecule has 116 valence electrons. The van der Waals surface area contributed by atoms with Gasteiger partial charge in [-0.05, 0) is 53.8 Å². The van der Waals surface area contributed by atoms with E-state index in [0.29, 0.717) is 29.5 Å². The molecule has 1 atom stereocenters. The minimum Gasteiger partial charge on any atom is -0.366 e. The van der Waals surface area contributed by atoms with E-state index < -0.39 is 11.7 Å². The van der Waals surface area contributed by atoms with Gasteiger partial charge >= 0.3 is 0 Å². The monoisotopic (exact) mass is 343 g/mol. The van der Waals surface area contributed by atoms with Crippen molar-refractivity contribution in [2.45, 2.75) is 18.8 Å². The van der Waals surface area contributed by atoms with Gasteiger partial charge in [0.1, 0.15) is 11.6 Å². The Morgan fingerprint density at radius 2 is 1.86 bits per heavy atom. The minimum absolute atomic E-state index is 0. The SMILES string of the molecule is Cl.NC(=O)c1ccc(F)c2c1CCC2c1ccc(F)c(Cl)c1. The predicted octanol–water partition coefficient (Wildman–Crippen LogP) is 4.22. The van der Waals surface area contributed by atoms with Crippen molar-refractivity contribution in [2.24, 2.45) is 5.73 Å². The molecule has 0 saturated heterocycles. The van der Waals surface area contributed by atoms with Crippen molar-refractivity contribution in [2.75, 3.05) is 0 Å². The molecule has 0 spiro atoms. The van der Waals surface area contributed by atoms with Crippen molar-refractivity contribution in [1.29, 1.82) is 0 Å². The summed E-state index contributed by atoms with van der Waals surface area (Å²) in [7, 11) is 0. The van der Waals surface area contributed by atoms with Gasteiger partial charge in [-0.1, -0.05) is 17.7 Å². The van der Waals surface area contributed by atoms with Gasteiger partial charge in [0.05, 0.1) is 5.02 Å². The zero-order chi connectivity index (χ0) is 15.1. The second kappa shape index (κ2) is 6.23. The number of hydrogen-bond acceptors (Lipinski definition) is 1. The first kappa shape index (κ1) is 16.7. The maximum atomic E-state index is 14.2. The molecule has 6 heteroatoms. The Balaban J connectivity index is 0.00000176. The molecular formula is C16H13Cl2F2NO. The molecule has 2 nitrogen and oxygen atoms in total. The largest absolute Gasteiger partial charge is 0.366 e. The second-order valence-corrected chi connectivity index (χ2v) is 5.52. The number of halogens is 4. The third-order valence-corrected chi connectivity index (χ3v) is 4.24. The van der Waals surface area contributed by atoms with Crippen LogP contribution in [-0.2, 0) is 6.42 Å². The van der Waals surface area contributed by atoms with Crippen LogP contribution in [-0.4, -0.2) is 5.91 Å². The van der Waals surface area contributed by atoms with E-state index in [4.69, 9.17) is 17.3 Å². The third-order valence-electron chi connectivity index (χ3n) is 3.95. The van der Waals surface area contributed by atoms with Gasteiger partial charge in [-0.15, -0.1) is 12.4 Å². The van der Waals surface area contributed by atoms with Gasteiger partial charge in [-0.3, -0.25) is 4.79 Å². The summed E-state index contributed by atoms with van der Waals surface area (Å²) < 4.78 is 27.5. The Kier molecular flexibility index (Phi) is 4.73. The van der Waals surface area contributed by atoms with Crippen molar-refractivity contribution < 1.29 is 13.6 Å². The average molecular weight is 344 g/mol. The molecule has 0 fully saturated rings. The lowest BCUT2D eigenvalue weighted by Gasteiger charge is -2.14. The molecule has 2 aromatic rings. The first-order valence-electron chi connectivity index (χ1n) is 6.55. The highest BCUT2D eigenvalue weighted by Gasteiger charge is 2.30. The van der Waals surface area contributed by atoms with Crippen LogP contribution in [0.4, 0.5) is 8.78 Å². The standard InChI is InChI=1S/C16H12ClF2NO.ClH/c17-12-7-8(1-5-13(12)18)9-2-3-10-11(16(20)21)4-6-14(19)15(9)10;/h1,4-7,9H,2-3H2,(H2,20,21);1H. The smallest absolute Gasteiger partial charge is 0.248 e. The molecular weight excluding hydrogens is 331 g/mol. The van der Waals surface area contributed by atoms with Crippen LogP contribution in [0, 0.1) is 11.6 Å². The summed E-state index contributed by atoms with van der Waals surface area (Å²) in [6.07, 6.45) is 1.20. The van der Waals surface area contributed by atoms with Gasteiger partial charge in [0.15, 0.2) is 0 Å². The Morgan fingerprint density at radius 1 is 1.18 bits per heavy atom. The number of rotatable bonds is 2. The first-order chi connectivity index (χ1) is 9.99. The first-order valence-corrected chi connectivity index (χ1v) is 6.93. The molecule has 2 aromatic carbocycles. The molecule has 1 amide bonds. The molecule has 0 aromatic heterocycles. The number of hydrogen-bond donors (Lipinski definition) is 1. The lowest BCUT2D eigenvalue weighted by molar-refractivity contribution is 0.0999. The van der Waals surface area contributed by atoms with E-state index in [2.05, 4.69) is 0 Å². The number of nitrogens with two attached hydrogens (primary N) is 1. The van der Waals surface area contributed by atoms with E-state index in [1.54, 1.807) is 6.07 Å². The number of amides is 1. The zero-order valence-electron chi connectivity index (χ0n) is 11.4. The third kappa shape index (κ3) is 2.69. The van der Waals surface area contributed by atoms with Crippen molar-refractivity contribution in [1.82, 2.24) is 0 Å². The van der Waals surface area contributed by atoms with Gasteiger partial charge in [0.25, 0.3) is 0 Å². The van der Waals surface area contributed by atoms with Crippen LogP contribution >= 0.6 is 24.0 Å². The van der Waals surface area contributed by atoms with Crippen molar-refractivity contribution in [3.63, 3.8) is 0 Å². The van der Waals surface area contributed by atoms with Gasteiger partial charge < -0.3 is 5.73 Å². The maximum absolute atomic E-state index is 14.2. The molecule has 2 N–H and O–H groups in total. The van der Waals surface area contributed by atoms with Crippen molar-refractivity contribution in [3.8, 4) is 0 Å². The minimum atomic E-state index is -0.566. The van der Waals surface area contributed by atoms with E-state index >= 15 is 0 Å². The molecule has 1 aliphatic carbocycles. The number of carbonyl (C=O) groups is 1. The second-order valence-electron chi connectivity index (χ2n) is 5.12. The molecule has 1 aliphatic rings. The van der Waals surface area contributed by atoms with E-state index in [9.17, 15) is 13.6 Å². The van der Waals surface area contributed by atoms with E-state index in [-0.39, 0.29) is 29.2 Å². The highest BCUT2D eigenvalue weighted by atomic mass is 35.5. The number of benzene rings is 2. The number of primary amides is 1. The average Bonchev–Trinajstić information content (AvgIpc) is 2.87. The molecule has 0 radical (unpaired) electrons. The fraction of sp³-hybridized carbons (Fsp3) is 0.188. The predicted molar refractivity (Wildman–Crippen MR) is 83.7 cm³/mol. The van der Waals surface area contributed by atoms with Gasteiger partial charge in [0, 0.05) is 11.5 Å². The van der Waals surface area contributed by atoms with Crippen LogP contribution in [0.5, 0.6) is 0 Å². The Hall–Kier alpha value is -1.65. The van der Waals surface area contributed by atoms with Crippen LogP contribution in [0.15, 0.2) is 30.3 Å².